The van der Waals surface area contributed by atoms with E-state index in [1.165, 1.54) is 0 Å². The molecule has 1 aromatic rings. The number of hydrogen-bond acceptors (Lipinski definition) is 4. The molecule has 2 aliphatic rings. The van der Waals surface area contributed by atoms with Gasteiger partial charge < -0.3 is 10.1 Å². The second-order valence-corrected chi connectivity index (χ2v) is 7.09. The Morgan fingerprint density at radius 2 is 1.83 bits per heavy atom. The van der Waals surface area contributed by atoms with Gasteiger partial charge in [-0.1, -0.05) is 6.07 Å². The number of Topliss-reactive ketones (excluding diaryl/α,β-unsaturated/α-hetero) is 1. The van der Waals surface area contributed by atoms with E-state index >= 15 is 0 Å². The molecule has 130 valence electrons. The van der Waals surface area contributed by atoms with Gasteiger partial charge >= 0.3 is 0 Å². The van der Waals surface area contributed by atoms with Crippen molar-refractivity contribution in [3.05, 3.63) is 23.9 Å². The second-order valence-electron chi connectivity index (χ2n) is 7.09. The van der Waals surface area contributed by atoms with E-state index in [4.69, 9.17) is 4.74 Å². The third-order valence-corrected chi connectivity index (χ3v) is 5.11. The van der Waals surface area contributed by atoms with E-state index < -0.39 is 0 Å². The van der Waals surface area contributed by atoms with Gasteiger partial charge in [-0.15, -0.1) is 0 Å². The molecule has 2 saturated carbocycles. The predicted octanol–water partition coefficient (Wildman–Crippen LogP) is 2.96. The summed E-state index contributed by atoms with van der Waals surface area (Å²) in [6.45, 7) is 2.01. The van der Waals surface area contributed by atoms with E-state index in [2.05, 4.69) is 10.3 Å². The normalized spacial score (nSPS) is 25.3. The van der Waals surface area contributed by atoms with Crippen molar-refractivity contribution in [2.75, 3.05) is 0 Å². The Morgan fingerprint density at radius 3 is 2.46 bits per heavy atom. The van der Waals surface area contributed by atoms with Crippen LogP contribution in [-0.4, -0.2) is 28.8 Å². The Balaban J connectivity index is 1.41. The first-order valence-corrected chi connectivity index (χ1v) is 9.01. The Bertz CT molecular complexity index is 567. The first-order chi connectivity index (χ1) is 11.6. The molecule has 0 radical (unpaired) electrons. The largest absolute Gasteiger partial charge is 0.474 e. The van der Waals surface area contributed by atoms with Crippen LogP contribution in [0.1, 0.15) is 56.9 Å². The van der Waals surface area contributed by atoms with Crippen LogP contribution >= 0.6 is 0 Å². The monoisotopic (exact) mass is 330 g/mol. The predicted molar refractivity (Wildman–Crippen MR) is 90.8 cm³/mol. The number of nitrogens with zero attached hydrogens (tertiary/aromatic N) is 1. The number of aryl methyl sites for hydroxylation is 1. The van der Waals surface area contributed by atoms with Crippen LogP contribution in [0.4, 0.5) is 0 Å². The molecule has 0 spiro atoms. The SMILES string of the molecule is Cc1ccc(OC2CCC(NC(=O)C3CCC(=O)CC3)CC2)nc1. The van der Waals surface area contributed by atoms with Crippen LogP contribution in [0.3, 0.4) is 0 Å². The van der Waals surface area contributed by atoms with E-state index in [-0.39, 0.29) is 24.0 Å². The minimum Gasteiger partial charge on any atom is -0.474 e. The molecule has 5 nitrogen and oxygen atoms in total. The first kappa shape index (κ1) is 16.9. The summed E-state index contributed by atoms with van der Waals surface area (Å²) in [4.78, 5) is 27.9. The zero-order valence-corrected chi connectivity index (χ0v) is 14.3. The number of carbonyl (C=O) groups is 2. The molecule has 1 amide bonds. The molecule has 2 fully saturated rings. The standard InChI is InChI=1S/C19H26N2O3/c1-13-2-11-18(20-12-13)24-17-9-5-15(6-10-17)21-19(23)14-3-7-16(22)8-4-14/h2,11-12,14-15,17H,3-10H2,1H3,(H,21,23). The zero-order chi connectivity index (χ0) is 16.9. The van der Waals surface area contributed by atoms with Gasteiger partial charge in [-0.05, 0) is 51.0 Å². The minimum atomic E-state index is 0.0217. The van der Waals surface area contributed by atoms with Crippen molar-refractivity contribution in [2.24, 2.45) is 5.92 Å². The molecule has 1 N–H and O–H groups in total. The van der Waals surface area contributed by atoms with Gasteiger partial charge in [0.25, 0.3) is 0 Å². The highest BCUT2D eigenvalue weighted by Crippen LogP contribution is 2.25. The summed E-state index contributed by atoms with van der Waals surface area (Å²) >= 11 is 0. The number of aromatic nitrogens is 1. The highest BCUT2D eigenvalue weighted by molar-refractivity contribution is 5.84. The van der Waals surface area contributed by atoms with Gasteiger partial charge in [-0.2, -0.15) is 0 Å². The summed E-state index contributed by atoms with van der Waals surface area (Å²) in [6, 6.07) is 4.15. The smallest absolute Gasteiger partial charge is 0.223 e. The molecule has 3 rings (SSSR count). The topological polar surface area (TPSA) is 68.3 Å². The van der Waals surface area contributed by atoms with Crippen molar-refractivity contribution in [3.8, 4) is 5.88 Å². The molecule has 5 heteroatoms. The van der Waals surface area contributed by atoms with E-state index in [9.17, 15) is 9.59 Å². The molecule has 0 atom stereocenters. The van der Waals surface area contributed by atoms with Crippen molar-refractivity contribution >= 4 is 11.7 Å². The molecule has 0 bridgehead atoms. The number of ether oxygens (including phenoxy) is 1. The van der Waals surface area contributed by atoms with E-state index in [0.29, 0.717) is 37.3 Å². The lowest BCUT2D eigenvalue weighted by molar-refractivity contribution is -0.129. The van der Waals surface area contributed by atoms with Gasteiger partial charge in [-0.25, -0.2) is 4.98 Å². The Morgan fingerprint density at radius 1 is 1.12 bits per heavy atom. The summed E-state index contributed by atoms with van der Waals surface area (Å²) in [6.07, 6.45) is 8.28. The van der Waals surface area contributed by atoms with Crippen LogP contribution < -0.4 is 10.1 Å². The van der Waals surface area contributed by atoms with Crippen LogP contribution in [0.5, 0.6) is 5.88 Å². The van der Waals surface area contributed by atoms with Gasteiger partial charge in [0.1, 0.15) is 11.9 Å². The first-order valence-electron chi connectivity index (χ1n) is 9.01. The van der Waals surface area contributed by atoms with Crippen molar-refractivity contribution in [1.82, 2.24) is 10.3 Å². The van der Waals surface area contributed by atoms with Crippen molar-refractivity contribution in [2.45, 2.75) is 70.4 Å². The molecule has 1 heterocycles. The fourth-order valence-corrected chi connectivity index (χ4v) is 3.54. The van der Waals surface area contributed by atoms with E-state index in [1.54, 1.807) is 0 Å². The molecule has 24 heavy (non-hydrogen) atoms. The van der Waals surface area contributed by atoms with Gasteiger partial charge in [0, 0.05) is 37.1 Å². The van der Waals surface area contributed by atoms with Gasteiger partial charge in [0.15, 0.2) is 0 Å². The molecular formula is C19H26N2O3. The fourth-order valence-electron chi connectivity index (χ4n) is 3.54. The number of ketones is 1. The van der Waals surface area contributed by atoms with Crippen molar-refractivity contribution in [1.29, 1.82) is 0 Å². The van der Waals surface area contributed by atoms with Gasteiger partial charge in [-0.3, -0.25) is 9.59 Å². The Kier molecular flexibility index (Phi) is 5.48. The maximum Gasteiger partial charge on any atom is 0.223 e. The summed E-state index contributed by atoms with van der Waals surface area (Å²) in [5.41, 5.74) is 1.12. The Hall–Kier alpha value is -1.91. The lowest BCUT2D eigenvalue weighted by Gasteiger charge is -2.30. The summed E-state index contributed by atoms with van der Waals surface area (Å²) in [7, 11) is 0. The van der Waals surface area contributed by atoms with Crippen LogP contribution in [-0.2, 0) is 9.59 Å². The number of hydrogen-bond donors (Lipinski definition) is 1. The number of rotatable bonds is 4. The summed E-state index contributed by atoms with van der Waals surface area (Å²) in [5.74, 6) is 1.13. The third kappa shape index (κ3) is 4.56. The van der Waals surface area contributed by atoms with Crippen molar-refractivity contribution < 1.29 is 14.3 Å². The number of amides is 1. The van der Waals surface area contributed by atoms with Crippen LogP contribution in [0.25, 0.3) is 0 Å². The number of carbonyl (C=O) groups excluding carboxylic acids is 2. The lowest BCUT2D eigenvalue weighted by atomic mass is 9.86. The van der Waals surface area contributed by atoms with Crippen LogP contribution in [0.15, 0.2) is 18.3 Å². The lowest BCUT2D eigenvalue weighted by Crippen LogP contribution is -2.43. The average Bonchev–Trinajstić information content (AvgIpc) is 2.59. The number of nitrogens with one attached hydrogen (secondary N) is 1. The molecule has 2 aliphatic carbocycles. The van der Waals surface area contributed by atoms with Crippen molar-refractivity contribution in [3.63, 3.8) is 0 Å². The quantitative estimate of drug-likeness (QED) is 0.921. The number of pyridine rings is 1. The second kappa shape index (κ2) is 7.77. The molecule has 1 aromatic heterocycles. The van der Waals surface area contributed by atoms with Crippen LogP contribution in [0, 0.1) is 12.8 Å². The average molecular weight is 330 g/mol. The minimum absolute atomic E-state index is 0.0217. The molecule has 0 aliphatic heterocycles. The molecular weight excluding hydrogens is 304 g/mol. The fraction of sp³-hybridized carbons (Fsp3) is 0.632. The maximum absolute atomic E-state index is 12.3. The highest BCUT2D eigenvalue weighted by Gasteiger charge is 2.28. The maximum atomic E-state index is 12.3. The van der Waals surface area contributed by atoms with Crippen LogP contribution in [0.2, 0.25) is 0 Å². The molecule has 0 aromatic carbocycles. The van der Waals surface area contributed by atoms with Gasteiger partial charge in [0.2, 0.25) is 11.8 Å². The summed E-state index contributed by atoms with van der Waals surface area (Å²) < 4.78 is 5.93. The molecule has 0 unspecified atom stereocenters. The highest BCUT2D eigenvalue weighted by atomic mass is 16.5. The Labute approximate surface area is 143 Å². The molecule has 0 saturated heterocycles. The summed E-state index contributed by atoms with van der Waals surface area (Å²) in [5, 5.41) is 3.17. The van der Waals surface area contributed by atoms with E-state index in [1.807, 2.05) is 25.3 Å². The van der Waals surface area contributed by atoms with E-state index in [0.717, 1.165) is 31.2 Å². The van der Waals surface area contributed by atoms with Gasteiger partial charge in [0.05, 0.1) is 0 Å². The third-order valence-electron chi connectivity index (χ3n) is 5.11. The zero-order valence-electron chi connectivity index (χ0n) is 14.3.